The number of carbonyl (C=O) groups excluding carboxylic acids is 2. The Hall–Kier alpha value is -2.90. The fourth-order valence-electron chi connectivity index (χ4n) is 2.40. The summed E-state index contributed by atoms with van der Waals surface area (Å²) in [6.45, 7) is 0. The molecular formula is C18H15F4NO3. The number of esters is 1. The molecule has 2 aromatic rings. The normalized spacial score (nSPS) is 12.3. The van der Waals surface area contributed by atoms with Crippen LogP contribution in [0.1, 0.15) is 21.5 Å². The van der Waals surface area contributed by atoms with Crippen LogP contribution >= 0.6 is 0 Å². The van der Waals surface area contributed by atoms with E-state index in [1.165, 1.54) is 30.3 Å². The number of carbonyl (C=O) groups is 2. The lowest BCUT2D eigenvalue weighted by molar-refractivity contribution is -0.144. The second-order valence-electron chi connectivity index (χ2n) is 5.42. The van der Waals surface area contributed by atoms with Crippen molar-refractivity contribution in [2.45, 2.75) is 18.6 Å². The first-order chi connectivity index (χ1) is 12.2. The highest BCUT2D eigenvalue weighted by Crippen LogP contribution is 2.32. The van der Waals surface area contributed by atoms with E-state index in [-0.39, 0.29) is 11.1 Å². The Balaban J connectivity index is 2.27. The van der Waals surface area contributed by atoms with E-state index < -0.39 is 41.9 Å². The Morgan fingerprint density at radius 1 is 1.12 bits per heavy atom. The maximum absolute atomic E-state index is 13.2. The van der Waals surface area contributed by atoms with Crippen molar-refractivity contribution in [1.82, 2.24) is 5.32 Å². The summed E-state index contributed by atoms with van der Waals surface area (Å²) in [6.07, 6.45) is -5.03. The minimum Gasteiger partial charge on any atom is -0.467 e. The van der Waals surface area contributed by atoms with Crippen LogP contribution in [-0.4, -0.2) is 25.0 Å². The molecule has 0 spiro atoms. The highest BCUT2D eigenvalue weighted by Gasteiger charge is 2.34. The van der Waals surface area contributed by atoms with Gasteiger partial charge in [-0.25, -0.2) is 9.18 Å². The zero-order valence-corrected chi connectivity index (χ0v) is 13.6. The van der Waals surface area contributed by atoms with Crippen LogP contribution in [0.2, 0.25) is 0 Å². The van der Waals surface area contributed by atoms with Crippen LogP contribution in [-0.2, 0) is 22.1 Å². The summed E-state index contributed by atoms with van der Waals surface area (Å²) in [6, 6.07) is 8.07. The van der Waals surface area contributed by atoms with Crippen molar-refractivity contribution in [3.05, 3.63) is 71.0 Å². The first kappa shape index (κ1) is 19.4. The average molecular weight is 369 g/mol. The fourth-order valence-corrected chi connectivity index (χ4v) is 2.40. The summed E-state index contributed by atoms with van der Waals surface area (Å²) in [7, 11) is 1.05. The van der Waals surface area contributed by atoms with Gasteiger partial charge in [0.15, 0.2) is 0 Å². The van der Waals surface area contributed by atoms with E-state index in [0.29, 0.717) is 0 Å². The predicted molar refractivity (Wildman–Crippen MR) is 84.8 cm³/mol. The standard InChI is InChI=1S/C18H15F4NO3/c1-26-17(25)15(23-16(24)12-6-4-7-13(19)9-12)10-11-5-2-3-8-14(11)18(20,21)22/h2-9,15H,10H2,1H3,(H,23,24)/t15-/m0/s1. The Morgan fingerprint density at radius 2 is 1.81 bits per heavy atom. The van der Waals surface area contributed by atoms with Crippen molar-refractivity contribution in [3.8, 4) is 0 Å². The largest absolute Gasteiger partial charge is 0.467 e. The van der Waals surface area contributed by atoms with Gasteiger partial charge in [0.05, 0.1) is 12.7 Å². The minimum absolute atomic E-state index is 0.0667. The maximum Gasteiger partial charge on any atom is 0.416 e. The fraction of sp³-hybridized carbons (Fsp3) is 0.222. The summed E-state index contributed by atoms with van der Waals surface area (Å²) in [4.78, 5) is 24.1. The van der Waals surface area contributed by atoms with E-state index in [1.54, 1.807) is 0 Å². The molecule has 0 bridgehead atoms. The molecule has 0 aliphatic rings. The number of ether oxygens (including phenoxy) is 1. The number of rotatable bonds is 5. The lowest BCUT2D eigenvalue weighted by atomic mass is 9.99. The molecule has 1 N–H and O–H groups in total. The molecule has 26 heavy (non-hydrogen) atoms. The van der Waals surface area contributed by atoms with Gasteiger partial charge >= 0.3 is 12.1 Å². The Morgan fingerprint density at radius 3 is 2.42 bits per heavy atom. The predicted octanol–water partition coefficient (Wildman–Crippen LogP) is 3.36. The van der Waals surface area contributed by atoms with Gasteiger partial charge < -0.3 is 10.1 Å². The number of hydrogen-bond acceptors (Lipinski definition) is 3. The molecule has 0 aliphatic carbocycles. The monoisotopic (exact) mass is 369 g/mol. The van der Waals surface area contributed by atoms with Gasteiger partial charge in [0.25, 0.3) is 5.91 Å². The molecule has 0 saturated carbocycles. The Kier molecular flexibility index (Phi) is 5.97. The van der Waals surface area contributed by atoms with Gasteiger partial charge in [-0.15, -0.1) is 0 Å². The molecule has 0 fully saturated rings. The van der Waals surface area contributed by atoms with Crippen molar-refractivity contribution in [2.24, 2.45) is 0 Å². The third-order valence-corrected chi connectivity index (χ3v) is 3.62. The molecule has 1 amide bonds. The quantitative estimate of drug-likeness (QED) is 0.650. The maximum atomic E-state index is 13.2. The van der Waals surface area contributed by atoms with Gasteiger partial charge in [0.2, 0.25) is 0 Å². The number of methoxy groups -OCH3 is 1. The first-order valence-electron chi connectivity index (χ1n) is 7.51. The van der Waals surface area contributed by atoms with Crippen LogP contribution in [0.15, 0.2) is 48.5 Å². The number of hydrogen-bond donors (Lipinski definition) is 1. The SMILES string of the molecule is COC(=O)[C@H](Cc1ccccc1C(F)(F)F)NC(=O)c1cccc(F)c1. The van der Waals surface area contributed by atoms with Crippen LogP contribution in [0, 0.1) is 5.82 Å². The molecule has 2 aromatic carbocycles. The smallest absolute Gasteiger partial charge is 0.416 e. The molecular weight excluding hydrogens is 354 g/mol. The molecule has 8 heteroatoms. The van der Waals surface area contributed by atoms with Crippen LogP contribution in [0.4, 0.5) is 17.6 Å². The topological polar surface area (TPSA) is 55.4 Å². The summed E-state index contributed by atoms with van der Waals surface area (Å²) in [5.41, 5.74) is -1.15. The highest BCUT2D eigenvalue weighted by atomic mass is 19.4. The van der Waals surface area contributed by atoms with Gasteiger partial charge in [-0.1, -0.05) is 24.3 Å². The molecule has 0 saturated heterocycles. The Bertz CT molecular complexity index is 805. The zero-order chi connectivity index (χ0) is 19.3. The third kappa shape index (κ3) is 4.81. The van der Waals surface area contributed by atoms with E-state index in [4.69, 9.17) is 0 Å². The second-order valence-corrected chi connectivity index (χ2v) is 5.42. The summed E-state index contributed by atoms with van der Waals surface area (Å²) < 4.78 is 57.1. The van der Waals surface area contributed by atoms with Crippen LogP contribution in [0.25, 0.3) is 0 Å². The molecule has 2 rings (SSSR count). The van der Waals surface area contributed by atoms with Crippen molar-refractivity contribution in [2.75, 3.05) is 7.11 Å². The lowest BCUT2D eigenvalue weighted by Crippen LogP contribution is -2.43. The van der Waals surface area contributed by atoms with Crippen LogP contribution < -0.4 is 5.32 Å². The van der Waals surface area contributed by atoms with Crippen LogP contribution in [0.3, 0.4) is 0 Å². The minimum atomic E-state index is -4.61. The van der Waals surface area contributed by atoms with E-state index in [2.05, 4.69) is 10.1 Å². The molecule has 0 radical (unpaired) electrons. The van der Waals surface area contributed by atoms with Crippen molar-refractivity contribution in [3.63, 3.8) is 0 Å². The average Bonchev–Trinajstić information content (AvgIpc) is 2.60. The van der Waals surface area contributed by atoms with Gasteiger partial charge in [-0.3, -0.25) is 4.79 Å². The molecule has 1 atom stereocenters. The number of nitrogens with one attached hydrogen (secondary N) is 1. The third-order valence-electron chi connectivity index (χ3n) is 3.62. The molecule has 0 aromatic heterocycles. The van der Waals surface area contributed by atoms with Crippen LogP contribution in [0.5, 0.6) is 0 Å². The first-order valence-corrected chi connectivity index (χ1v) is 7.51. The summed E-state index contributed by atoms with van der Waals surface area (Å²) >= 11 is 0. The molecule has 0 unspecified atom stereocenters. The Labute approximate surface area is 146 Å². The number of halogens is 4. The zero-order valence-electron chi connectivity index (χ0n) is 13.6. The molecule has 138 valence electrons. The van der Waals surface area contributed by atoms with Gasteiger partial charge in [-0.2, -0.15) is 13.2 Å². The number of benzene rings is 2. The van der Waals surface area contributed by atoms with Crippen molar-refractivity contribution >= 4 is 11.9 Å². The van der Waals surface area contributed by atoms with E-state index in [9.17, 15) is 27.2 Å². The van der Waals surface area contributed by atoms with E-state index >= 15 is 0 Å². The molecule has 0 heterocycles. The van der Waals surface area contributed by atoms with Crippen molar-refractivity contribution < 1.29 is 31.9 Å². The lowest BCUT2D eigenvalue weighted by Gasteiger charge is -2.19. The number of amides is 1. The summed E-state index contributed by atoms with van der Waals surface area (Å²) in [5, 5.41) is 2.29. The van der Waals surface area contributed by atoms with Gasteiger partial charge in [0.1, 0.15) is 11.9 Å². The molecule has 4 nitrogen and oxygen atoms in total. The summed E-state index contributed by atoms with van der Waals surface area (Å²) in [5.74, 6) is -2.37. The second kappa shape index (κ2) is 7.99. The van der Waals surface area contributed by atoms with Crippen molar-refractivity contribution in [1.29, 1.82) is 0 Å². The molecule has 0 aliphatic heterocycles. The van der Waals surface area contributed by atoms with E-state index in [1.807, 2.05) is 0 Å². The van der Waals surface area contributed by atoms with Gasteiger partial charge in [0, 0.05) is 12.0 Å². The highest BCUT2D eigenvalue weighted by molar-refractivity contribution is 5.96. The number of alkyl halides is 3. The van der Waals surface area contributed by atoms with E-state index in [0.717, 1.165) is 25.3 Å². The van der Waals surface area contributed by atoms with Gasteiger partial charge in [-0.05, 0) is 29.8 Å².